The number of hydrogen-bond acceptors (Lipinski definition) is 5. The summed E-state index contributed by atoms with van der Waals surface area (Å²) in [4.78, 5) is 13.9. The number of amides is 1. The molecule has 0 radical (unpaired) electrons. The van der Waals surface area contributed by atoms with Gasteiger partial charge in [-0.1, -0.05) is 18.2 Å². The van der Waals surface area contributed by atoms with Gasteiger partial charge in [-0.05, 0) is 58.6 Å². The Labute approximate surface area is 166 Å². The fourth-order valence-corrected chi connectivity index (χ4v) is 3.20. The third-order valence-electron chi connectivity index (χ3n) is 4.85. The monoisotopic (exact) mass is 386 g/mol. The molecule has 0 unspecified atom stereocenters. The number of carbonyl (C=O) groups excluding carboxylic acids is 1. The second-order valence-corrected chi connectivity index (χ2v) is 8.28. The molecular formula is C21H30N4O3. The summed E-state index contributed by atoms with van der Waals surface area (Å²) in [7, 11) is 0. The van der Waals surface area contributed by atoms with Crippen molar-refractivity contribution in [3.8, 4) is 11.6 Å². The van der Waals surface area contributed by atoms with Crippen LogP contribution in [-0.4, -0.2) is 46.1 Å². The molecule has 3 rings (SSSR count). The van der Waals surface area contributed by atoms with E-state index in [1.807, 2.05) is 58.0 Å². The van der Waals surface area contributed by atoms with Gasteiger partial charge in [0.05, 0.1) is 17.9 Å². The molecule has 1 aromatic heterocycles. The fourth-order valence-electron chi connectivity index (χ4n) is 3.20. The Morgan fingerprint density at radius 3 is 2.46 bits per heavy atom. The number of nitrogens with zero attached hydrogens (tertiary/aromatic N) is 3. The number of nitrogen functional groups attached to an aromatic ring is 1. The number of aromatic nitrogens is 2. The lowest BCUT2D eigenvalue weighted by atomic mass is 9.98. The van der Waals surface area contributed by atoms with E-state index in [2.05, 4.69) is 5.10 Å². The van der Waals surface area contributed by atoms with Crippen molar-refractivity contribution in [1.29, 1.82) is 0 Å². The summed E-state index contributed by atoms with van der Waals surface area (Å²) >= 11 is 0. The van der Waals surface area contributed by atoms with Gasteiger partial charge < -0.3 is 20.1 Å². The summed E-state index contributed by atoms with van der Waals surface area (Å²) < 4.78 is 13.1. The zero-order valence-corrected chi connectivity index (χ0v) is 17.1. The van der Waals surface area contributed by atoms with E-state index < -0.39 is 5.60 Å². The highest BCUT2D eigenvalue weighted by Crippen LogP contribution is 2.27. The quantitative estimate of drug-likeness (QED) is 0.864. The number of piperidine rings is 1. The molecule has 1 aliphatic heterocycles. The summed E-state index contributed by atoms with van der Waals surface area (Å²) in [5.74, 6) is 1.53. The number of nitrogens with two attached hydrogens (primary N) is 1. The Hall–Kier alpha value is -2.70. The number of carbonyl (C=O) groups is 1. The molecule has 1 aliphatic rings. The van der Waals surface area contributed by atoms with Gasteiger partial charge in [-0.2, -0.15) is 0 Å². The molecule has 2 heterocycles. The van der Waals surface area contributed by atoms with Crippen LogP contribution in [0.5, 0.6) is 5.88 Å². The van der Waals surface area contributed by atoms with Crippen LogP contribution in [0.2, 0.25) is 0 Å². The van der Waals surface area contributed by atoms with Crippen LogP contribution in [-0.2, 0) is 4.74 Å². The van der Waals surface area contributed by atoms with Crippen molar-refractivity contribution in [3.63, 3.8) is 0 Å². The van der Waals surface area contributed by atoms with Crippen molar-refractivity contribution >= 4 is 11.9 Å². The van der Waals surface area contributed by atoms with Gasteiger partial charge in [0.1, 0.15) is 11.4 Å². The molecule has 0 bridgehead atoms. The second kappa shape index (κ2) is 8.12. The molecule has 0 atom stereocenters. The summed E-state index contributed by atoms with van der Waals surface area (Å²) in [5.41, 5.74) is 7.49. The van der Waals surface area contributed by atoms with Crippen molar-refractivity contribution in [1.82, 2.24) is 14.7 Å². The van der Waals surface area contributed by atoms with Crippen LogP contribution >= 0.6 is 0 Å². The first-order chi connectivity index (χ1) is 13.2. The molecule has 7 nitrogen and oxygen atoms in total. The zero-order valence-electron chi connectivity index (χ0n) is 17.1. The lowest BCUT2D eigenvalue weighted by Gasteiger charge is -2.33. The molecule has 0 aliphatic carbocycles. The largest absolute Gasteiger partial charge is 0.476 e. The smallest absolute Gasteiger partial charge is 0.410 e. The fraction of sp³-hybridized carbons (Fsp3) is 0.524. The van der Waals surface area contributed by atoms with Gasteiger partial charge >= 0.3 is 6.09 Å². The number of hydrogen-bond donors (Lipinski definition) is 1. The molecule has 1 fully saturated rings. The van der Waals surface area contributed by atoms with Gasteiger partial charge in [0.2, 0.25) is 5.88 Å². The average molecular weight is 386 g/mol. The Balaban J connectivity index is 1.54. The van der Waals surface area contributed by atoms with Gasteiger partial charge in [0.25, 0.3) is 0 Å². The highest BCUT2D eigenvalue weighted by Gasteiger charge is 2.27. The first-order valence-electron chi connectivity index (χ1n) is 9.76. The third-order valence-corrected chi connectivity index (χ3v) is 4.85. The van der Waals surface area contributed by atoms with Gasteiger partial charge in [-0.15, -0.1) is 5.10 Å². The van der Waals surface area contributed by atoms with Gasteiger partial charge in [-0.25, -0.2) is 9.48 Å². The Bertz CT molecular complexity index is 803. The van der Waals surface area contributed by atoms with Crippen molar-refractivity contribution in [2.24, 2.45) is 5.92 Å². The van der Waals surface area contributed by atoms with Crippen molar-refractivity contribution in [2.75, 3.05) is 25.4 Å². The minimum atomic E-state index is -0.466. The van der Waals surface area contributed by atoms with E-state index in [0.29, 0.717) is 37.3 Å². The SMILES string of the molecule is Cc1c(OCC2CCN(C(=O)OC(C)(C)C)CC2)nn(-c2ccccc2)c1N. The average Bonchev–Trinajstić information content (AvgIpc) is 2.94. The number of anilines is 1. The zero-order chi connectivity index (χ0) is 20.3. The number of benzene rings is 1. The summed E-state index contributed by atoms with van der Waals surface area (Å²) in [6, 6.07) is 9.77. The minimum absolute atomic E-state index is 0.239. The summed E-state index contributed by atoms with van der Waals surface area (Å²) in [6.07, 6.45) is 1.53. The van der Waals surface area contributed by atoms with E-state index in [0.717, 1.165) is 24.1 Å². The molecule has 1 amide bonds. The molecule has 7 heteroatoms. The van der Waals surface area contributed by atoms with Crippen LogP contribution in [0.1, 0.15) is 39.2 Å². The Morgan fingerprint density at radius 1 is 1.21 bits per heavy atom. The Kier molecular flexibility index (Phi) is 5.82. The standard InChI is InChI=1S/C21H30N4O3/c1-15-18(22)25(17-8-6-5-7-9-17)23-19(15)27-14-16-10-12-24(13-11-16)20(26)28-21(2,3)4/h5-9,16H,10-14,22H2,1-4H3. The highest BCUT2D eigenvalue weighted by atomic mass is 16.6. The van der Waals surface area contributed by atoms with Crippen LogP contribution in [0.3, 0.4) is 0 Å². The molecule has 28 heavy (non-hydrogen) atoms. The lowest BCUT2D eigenvalue weighted by Crippen LogP contribution is -2.42. The van der Waals surface area contributed by atoms with E-state index in [4.69, 9.17) is 15.2 Å². The molecule has 1 saturated heterocycles. The molecule has 1 aromatic carbocycles. The van der Waals surface area contributed by atoms with Crippen LogP contribution in [0, 0.1) is 12.8 Å². The Morgan fingerprint density at radius 2 is 1.86 bits per heavy atom. The topological polar surface area (TPSA) is 82.6 Å². The van der Waals surface area contributed by atoms with Crippen LogP contribution < -0.4 is 10.5 Å². The first kappa shape index (κ1) is 20.0. The van der Waals surface area contributed by atoms with E-state index >= 15 is 0 Å². The highest BCUT2D eigenvalue weighted by molar-refractivity contribution is 5.68. The summed E-state index contributed by atoms with van der Waals surface area (Å²) in [5, 5.41) is 4.53. The first-order valence-corrected chi connectivity index (χ1v) is 9.76. The van der Waals surface area contributed by atoms with Crippen LogP contribution in [0.4, 0.5) is 10.6 Å². The molecule has 0 spiro atoms. The van der Waals surface area contributed by atoms with Crippen molar-refractivity contribution < 1.29 is 14.3 Å². The maximum absolute atomic E-state index is 12.2. The summed E-state index contributed by atoms with van der Waals surface area (Å²) in [6.45, 7) is 9.50. The number of para-hydroxylation sites is 1. The number of likely N-dealkylation sites (tertiary alicyclic amines) is 1. The molecule has 2 aromatic rings. The van der Waals surface area contributed by atoms with E-state index in [9.17, 15) is 4.79 Å². The molecule has 0 saturated carbocycles. The number of ether oxygens (including phenoxy) is 2. The normalized spacial score (nSPS) is 15.5. The molecule has 152 valence electrons. The molecule has 2 N–H and O–H groups in total. The van der Waals surface area contributed by atoms with E-state index in [-0.39, 0.29) is 6.09 Å². The minimum Gasteiger partial charge on any atom is -0.476 e. The maximum atomic E-state index is 12.2. The van der Waals surface area contributed by atoms with Gasteiger partial charge in [0.15, 0.2) is 0 Å². The third kappa shape index (κ3) is 4.77. The van der Waals surface area contributed by atoms with Crippen molar-refractivity contribution in [3.05, 3.63) is 35.9 Å². The maximum Gasteiger partial charge on any atom is 0.410 e. The lowest BCUT2D eigenvalue weighted by molar-refractivity contribution is 0.0164. The van der Waals surface area contributed by atoms with E-state index in [1.54, 1.807) is 9.58 Å². The van der Waals surface area contributed by atoms with E-state index in [1.165, 1.54) is 0 Å². The second-order valence-electron chi connectivity index (χ2n) is 8.28. The van der Waals surface area contributed by atoms with Crippen molar-refractivity contribution in [2.45, 2.75) is 46.1 Å². The van der Waals surface area contributed by atoms with Gasteiger partial charge in [-0.3, -0.25) is 0 Å². The predicted molar refractivity (Wildman–Crippen MR) is 109 cm³/mol. The number of rotatable bonds is 4. The van der Waals surface area contributed by atoms with Crippen LogP contribution in [0.15, 0.2) is 30.3 Å². The van der Waals surface area contributed by atoms with Gasteiger partial charge in [0, 0.05) is 13.1 Å². The molecular weight excluding hydrogens is 356 g/mol. The predicted octanol–water partition coefficient (Wildman–Crippen LogP) is 3.79. The van der Waals surface area contributed by atoms with Crippen LogP contribution in [0.25, 0.3) is 5.69 Å².